The Morgan fingerprint density at radius 3 is 2.69 bits per heavy atom. The first-order chi connectivity index (χ1) is 6.04. The summed E-state index contributed by atoms with van der Waals surface area (Å²) in [5, 5.41) is 12.8. The molecule has 0 atom stereocenters. The van der Waals surface area contributed by atoms with Crippen LogP contribution in [0.5, 0.6) is 0 Å². The van der Waals surface area contributed by atoms with Crippen LogP contribution in [-0.4, -0.2) is 9.78 Å². The quantitative estimate of drug-likeness (QED) is 0.694. The van der Waals surface area contributed by atoms with E-state index in [4.69, 9.17) is 5.26 Å². The van der Waals surface area contributed by atoms with Crippen LogP contribution in [0.1, 0.15) is 32.9 Å². The molecule has 0 amide bonds. The summed E-state index contributed by atoms with van der Waals surface area (Å²) in [4.78, 5) is 0. The number of aromatic nitrogens is 2. The van der Waals surface area contributed by atoms with E-state index in [0.717, 1.165) is 5.69 Å². The molecule has 3 heteroatoms. The van der Waals surface area contributed by atoms with Crippen LogP contribution in [0.2, 0.25) is 0 Å². The number of aryl methyl sites for hydroxylation is 1. The van der Waals surface area contributed by atoms with E-state index in [1.165, 1.54) is 0 Å². The molecular formula is C10H15N3. The highest BCUT2D eigenvalue weighted by Gasteiger charge is 2.16. The number of rotatable bonds is 2. The third-order valence-electron chi connectivity index (χ3n) is 1.86. The van der Waals surface area contributed by atoms with Crippen LogP contribution in [0.25, 0.3) is 0 Å². The normalized spacial score (nSPS) is 11.2. The van der Waals surface area contributed by atoms with E-state index in [9.17, 15) is 0 Å². The maximum Gasteiger partial charge on any atom is 0.0677 e. The minimum Gasteiger partial charge on any atom is -0.271 e. The molecule has 0 saturated carbocycles. The van der Waals surface area contributed by atoms with Gasteiger partial charge in [0, 0.05) is 11.6 Å². The smallest absolute Gasteiger partial charge is 0.0677 e. The van der Waals surface area contributed by atoms with Gasteiger partial charge in [0.25, 0.3) is 0 Å². The van der Waals surface area contributed by atoms with Crippen LogP contribution in [-0.2, 0) is 12.0 Å². The van der Waals surface area contributed by atoms with Gasteiger partial charge in [0.1, 0.15) is 0 Å². The van der Waals surface area contributed by atoms with Gasteiger partial charge in [-0.05, 0) is 6.07 Å². The van der Waals surface area contributed by atoms with Crippen molar-refractivity contribution in [3.05, 3.63) is 18.0 Å². The van der Waals surface area contributed by atoms with Gasteiger partial charge in [0.05, 0.1) is 24.7 Å². The molecule has 0 saturated heterocycles. The van der Waals surface area contributed by atoms with E-state index < -0.39 is 0 Å². The molecule has 0 aliphatic carbocycles. The van der Waals surface area contributed by atoms with Crippen molar-refractivity contribution in [2.45, 2.75) is 39.2 Å². The Balaban J connectivity index is 2.71. The predicted molar refractivity (Wildman–Crippen MR) is 51.2 cm³/mol. The zero-order chi connectivity index (χ0) is 9.90. The summed E-state index contributed by atoms with van der Waals surface area (Å²) in [6.45, 7) is 7.07. The number of hydrogen-bond donors (Lipinski definition) is 0. The lowest BCUT2D eigenvalue weighted by Crippen LogP contribution is -2.12. The van der Waals surface area contributed by atoms with Crippen molar-refractivity contribution in [3.8, 4) is 6.07 Å². The van der Waals surface area contributed by atoms with E-state index in [0.29, 0.717) is 13.0 Å². The van der Waals surface area contributed by atoms with E-state index >= 15 is 0 Å². The van der Waals surface area contributed by atoms with Gasteiger partial charge in [0.15, 0.2) is 0 Å². The standard InChI is InChI=1S/C10H15N3/c1-10(2,3)9-5-8-13(12-9)7-4-6-11/h5,8H,4,7H2,1-3H3. The lowest BCUT2D eigenvalue weighted by atomic mass is 9.93. The first kappa shape index (κ1) is 9.79. The largest absolute Gasteiger partial charge is 0.271 e. The average molecular weight is 177 g/mol. The van der Waals surface area contributed by atoms with Gasteiger partial charge in [-0.1, -0.05) is 20.8 Å². The van der Waals surface area contributed by atoms with Crippen molar-refractivity contribution in [2.24, 2.45) is 0 Å². The Morgan fingerprint density at radius 1 is 1.54 bits per heavy atom. The topological polar surface area (TPSA) is 41.6 Å². The summed E-state index contributed by atoms with van der Waals surface area (Å²) in [7, 11) is 0. The predicted octanol–water partition coefficient (Wildman–Crippen LogP) is 2.09. The van der Waals surface area contributed by atoms with E-state index in [1.807, 2.05) is 16.9 Å². The molecule has 13 heavy (non-hydrogen) atoms. The van der Waals surface area contributed by atoms with Crippen molar-refractivity contribution in [3.63, 3.8) is 0 Å². The molecule has 1 rings (SSSR count). The molecule has 0 fully saturated rings. The van der Waals surface area contributed by atoms with Crippen molar-refractivity contribution in [2.75, 3.05) is 0 Å². The Morgan fingerprint density at radius 2 is 2.23 bits per heavy atom. The molecule has 0 aliphatic heterocycles. The fraction of sp³-hybridized carbons (Fsp3) is 0.600. The van der Waals surface area contributed by atoms with E-state index in [-0.39, 0.29) is 5.41 Å². The molecule has 0 radical (unpaired) electrons. The van der Waals surface area contributed by atoms with Crippen LogP contribution in [0.15, 0.2) is 12.3 Å². The molecule has 0 unspecified atom stereocenters. The lowest BCUT2D eigenvalue weighted by Gasteiger charge is -2.14. The second kappa shape index (κ2) is 3.61. The summed E-state index contributed by atoms with van der Waals surface area (Å²) in [5.41, 5.74) is 1.17. The number of nitrogens with zero attached hydrogens (tertiary/aromatic N) is 3. The van der Waals surface area contributed by atoms with Crippen LogP contribution >= 0.6 is 0 Å². The highest BCUT2D eigenvalue weighted by atomic mass is 15.3. The zero-order valence-electron chi connectivity index (χ0n) is 8.41. The molecule has 70 valence electrons. The third-order valence-corrected chi connectivity index (χ3v) is 1.86. The SMILES string of the molecule is CC(C)(C)c1ccn(CCC#N)n1. The van der Waals surface area contributed by atoms with Gasteiger partial charge in [-0.15, -0.1) is 0 Å². The lowest BCUT2D eigenvalue weighted by molar-refractivity contribution is 0.535. The van der Waals surface area contributed by atoms with Gasteiger partial charge in [-0.25, -0.2) is 0 Å². The van der Waals surface area contributed by atoms with Crippen molar-refractivity contribution < 1.29 is 0 Å². The fourth-order valence-corrected chi connectivity index (χ4v) is 1.05. The van der Waals surface area contributed by atoms with Crippen molar-refractivity contribution in [1.82, 2.24) is 9.78 Å². The first-order valence-corrected chi connectivity index (χ1v) is 4.45. The molecule has 1 heterocycles. The van der Waals surface area contributed by atoms with Gasteiger partial charge >= 0.3 is 0 Å². The second-order valence-electron chi connectivity index (χ2n) is 4.12. The summed E-state index contributed by atoms with van der Waals surface area (Å²) < 4.78 is 1.82. The van der Waals surface area contributed by atoms with Gasteiger partial charge in [-0.3, -0.25) is 4.68 Å². The Kier molecular flexibility index (Phi) is 2.72. The average Bonchev–Trinajstić information content (AvgIpc) is 2.47. The summed E-state index contributed by atoms with van der Waals surface area (Å²) in [6.07, 6.45) is 2.45. The van der Waals surface area contributed by atoms with E-state index in [2.05, 4.69) is 31.9 Å². The third kappa shape index (κ3) is 2.59. The maximum atomic E-state index is 8.40. The maximum absolute atomic E-state index is 8.40. The molecule has 1 aromatic rings. The summed E-state index contributed by atoms with van der Waals surface area (Å²) in [6, 6.07) is 4.11. The fourth-order valence-electron chi connectivity index (χ4n) is 1.05. The molecular weight excluding hydrogens is 162 g/mol. The minimum atomic E-state index is 0.0951. The van der Waals surface area contributed by atoms with Crippen LogP contribution in [0.3, 0.4) is 0 Å². The Hall–Kier alpha value is -1.30. The molecule has 0 spiro atoms. The van der Waals surface area contributed by atoms with Gasteiger partial charge < -0.3 is 0 Å². The Labute approximate surface area is 79.0 Å². The summed E-state index contributed by atoms with van der Waals surface area (Å²) >= 11 is 0. The second-order valence-corrected chi connectivity index (χ2v) is 4.12. The van der Waals surface area contributed by atoms with Crippen molar-refractivity contribution >= 4 is 0 Å². The molecule has 3 nitrogen and oxygen atoms in total. The molecule has 0 bridgehead atoms. The monoisotopic (exact) mass is 177 g/mol. The van der Waals surface area contributed by atoms with Crippen molar-refractivity contribution in [1.29, 1.82) is 5.26 Å². The molecule has 0 aliphatic rings. The molecule has 1 aromatic heterocycles. The first-order valence-electron chi connectivity index (χ1n) is 4.45. The number of hydrogen-bond acceptors (Lipinski definition) is 2. The van der Waals surface area contributed by atoms with Gasteiger partial charge in [-0.2, -0.15) is 10.4 Å². The Bertz CT molecular complexity index is 312. The van der Waals surface area contributed by atoms with Crippen LogP contribution in [0.4, 0.5) is 0 Å². The van der Waals surface area contributed by atoms with Gasteiger partial charge in [0.2, 0.25) is 0 Å². The minimum absolute atomic E-state index is 0.0951. The highest BCUT2D eigenvalue weighted by Crippen LogP contribution is 2.19. The van der Waals surface area contributed by atoms with Crippen LogP contribution < -0.4 is 0 Å². The number of nitriles is 1. The molecule has 0 aromatic carbocycles. The zero-order valence-corrected chi connectivity index (χ0v) is 8.41. The molecule has 0 N–H and O–H groups in total. The summed E-state index contributed by atoms with van der Waals surface area (Å²) in [5.74, 6) is 0. The van der Waals surface area contributed by atoms with E-state index in [1.54, 1.807) is 0 Å². The van der Waals surface area contributed by atoms with Crippen LogP contribution in [0, 0.1) is 11.3 Å². The highest BCUT2D eigenvalue weighted by molar-refractivity contribution is 5.10.